The Balaban J connectivity index is 0. The van der Waals surface area contributed by atoms with Crippen LogP contribution in [0.5, 0.6) is 0 Å². The fourth-order valence-corrected chi connectivity index (χ4v) is 1.87. The first-order valence-corrected chi connectivity index (χ1v) is 4.40. The van der Waals surface area contributed by atoms with E-state index >= 15 is 0 Å². The minimum Gasteiger partial charge on any atom is -0.641 e. The molecule has 1 saturated heterocycles. The van der Waals surface area contributed by atoms with Gasteiger partial charge in [-0.2, -0.15) is 11.8 Å². The van der Waals surface area contributed by atoms with Gasteiger partial charge in [-0.3, -0.25) is 0 Å². The predicted octanol–water partition coefficient (Wildman–Crippen LogP) is 2.00. The van der Waals surface area contributed by atoms with E-state index in [1.165, 1.54) is 0 Å². The quantitative estimate of drug-likeness (QED) is 0.631. The van der Waals surface area contributed by atoms with Gasteiger partial charge in [0.1, 0.15) is 0 Å². The maximum Gasteiger partial charge on any atom is 0.0619 e. The van der Waals surface area contributed by atoms with Crippen molar-refractivity contribution in [3.8, 4) is 0 Å². The molecule has 1 fully saturated rings. The van der Waals surface area contributed by atoms with E-state index in [9.17, 15) is 4.79 Å². The minimum atomic E-state index is 0. The molecule has 1 radical (unpaired) electrons. The zero-order chi connectivity index (χ0) is 7.78. The van der Waals surface area contributed by atoms with Gasteiger partial charge in [0.2, 0.25) is 0 Å². The van der Waals surface area contributed by atoms with Crippen LogP contribution in [0.25, 0.3) is 5.32 Å². The summed E-state index contributed by atoms with van der Waals surface area (Å²) in [6.07, 6.45) is 0. The predicted molar refractivity (Wildman–Crippen MR) is 44.1 cm³/mol. The third kappa shape index (κ3) is 4.36. The molecule has 1 rings (SSSR count). The van der Waals surface area contributed by atoms with Crippen molar-refractivity contribution < 1.29 is 44.4 Å². The van der Waals surface area contributed by atoms with Crippen molar-refractivity contribution in [2.45, 2.75) is 26.1 Å². The summed E-state index contributed by atoms with van der Waals surface area (Å²) >= 11 is 1.64. The number of thioether (sulfide) groups is 1. The summed E-state index contributed by atoms with van der Waals surface area (Å²) < 4.78 is 0. The van der Waals surface area contributed by atoms with Gasteiger partial charge in [-0.25, -0.2) is 0 Å². The zero-order valence-electron chi connectivity index (χ0n) is 7.40. The molecular weight excluding hydrogens is 381 g/mol. The monoisotopic (exact) mass is 393 g/mol. The SMILES string of the molecule is CC(C)(C)C1[N-]C(=O)CS1.[V].[W]. The van der Waals surface area contributed by atoms with Gasteiger partial charge in [0.05, 0.1) is 5.91 Å². The molecule has 0 aromatic rings. The van der Waals surface area contributed by atoms with Crippen molar-refractivity contribution in [3.63, 3.8) is 0 Å². The Hall–Kier alpha value is 1.09. The summed E-state index contributed by atoms with van der Waals surface area (Å²) in [4.78, 5) is 10.7. The van der Waals surface area contributed by atoms with Crippen LogP contribution in [0.2, 0.25) is 0 Å². The summed E-state index contributed by atoms with van der Waals surface area (Å²) in [5, 5.41) is 4.16. The van der Waals surface area contributed by atoms with Crippen molar-refractivity contribution in [2.24, 2.45) is 5.41 Å². The molecule has 1 unspecified atom stereocenters. The van der Waals surface area contributed by atoms with Crippen LogP contribution in [0.1, 0.15) is 20.8 Å². The summed E-state index contributed by atoms with van der Waals surface area (Å²) in [6.45, 7) is 6.31. The van der Waals surface area contributed by atoms with E-state index in [1.807, 2.05) is 0 Å². The Morgan fingerprint density at radius 1 is 1.50 bits per heavy atom. The first kappa shape index (κ1) is 15.6. The first-order chi connectivity index (χ1) is 4.50. The van der Waals surface area contributed by atoms with Crippen LogP contribution in [0.4, 0.5) is 0 Å². The summed E-state index contributed by atoms with van der Waals surface area (Å²) in [6, 6.07) is 0. The van der Waals surface area contributed by atoms with Gasteiger partial charge in [0.25, 0.3) is 0 Å². The molecule has 1 amide bonds. The van der Waals surface area contributed by atoms with Gasteiger partial charge in [0, 0.05) is 45.4 Å². The van der Waals surface area contributed by atoms with Gasteiger partial charge < -0.3 is 10.1 Å². The number of hydrogen-bond donors (Lipinski definition) is 0. The van der Waals surface area contributed by atoms with E-state index in [0.717, 1.165) is 0 Å². The Bertz CT molecular complexity index is 160. The molecule has 0 spiro atoms. The van der Waals surface area contributed by atoms with Gasteiger partial charge >= 0.3 is 0 Å². The van der Waals surface area contributed by atoms with Crippen LogP contribution in [0, 0.1) is 5.41 Å². The van der Waals surface area contributed by atoms with Crippen molar-refractivity contribution in [3.05, 3.63) is 5.32 Å². The first-order valence-electron chi connectivity index (χ1n) is 3.35. The number of carbonyl (C=O) groups is 1. The van der Waals surface area contributed by atoms with Gasteiger partial charge in [-0.1, -0.05) is 26.1 Å². The molecule has 1 heterocycles. The molecule has 69 valence electrons. The summed E-state index contributed by atoms with van der Waals surface area (Å²) in [5.41, 5.74) is 0.136. The zero-order valence-corrected chi connectivity index (χ0v) is 12.6. The number of nitrogens with zero attached hydrogens (tertiary/aromatic N) is 1. The smallest absolute Gasteiger partial charge is 0.0619 e. The molecule has 1 aliphatic rings. The second-order valence-electron chi connectivity index (χ2n) is 3.55. The van der Waals surface area contributed by atoms with Crippen molar-refractivity contribution in [1.29, 1.82) is 0 Å². The van der Waals surface area contributed by atoms with Crippen LogP contribution >= 0.6 is 11.8 Å². The molecule has 0 bridgehead atoms. The molecular formula is C7H12NOSVW-. The average molecular weight is 393 g/mol. The van der Waals surface area contributed by atoms with Crippen LogP contribution in [0.15, 0.2) is 0 Å². The van der Waals surface area contributed by atoms with E-state index in [4.69, 9.17) is 0 Å². The number of rotatable bonds is 0. The van der Waals surface area contributed by atoms with Crippen LogP contribution in [-0.2, 0) is 44.4 Å². The normalized spacial score (nSPS) is 22.2. The molecule has 0 aromatic heterocycles. The third-order valence-corrected chi connectivity index (χ3v) is 2.91. The van der Waals surface area contributed by atoms with Crippen molar-refractivity contribution >= 4 is 17.7 Å². The average Bonchev–Trinajstić information content (AvgIpc) is 2.11. The molecule has 0 aliphatic carbocycles. The molecule has 1 aliphatic heterocycles. The van der Waals surface area contributed by atoms with E-state index in [1.54, 1.807) is 11.8 Å². The Kier molecular flexibility index (Phi) is 7.45. The standard InChI is InChI=1S/C7H13NOS.V.W/c1-7(2,3)6-8-5(9)4-10-6;;/h6H,4H2,1-3H3,(H,8,9);;/p-1. The van der Waals surface area contributed by atoms with E-state index in [0.29, 0.717) is 5.75 Å². The molecule has 12 heavy (non-hydrogen) atoms. The number of hydrogen-bond acceptors (Lipinski definition) is 2. The molecule has 0 N–H and O–H groups in total. The molecule has 2 nitrogen and oxygen atoms in total. The molecule has 0 saturated carbocycles. The second kappa shape index (κ2) is 5.75. The van der Waals surface area contributed by atoms with E-state index < -0.39 is 0 Å². The molecule has 0 aromatic carbocycles. The Labute approximate surface area is 104 Å². The number of amides is 1. The number of carbonyl (C=O) groups excluding carboxylic acids is 1. The maximum atomic E-state index is 10.7. The summed E-state index contributed by atoms with van der Waals surface area (Å²) in [7, 11) is 0. The Morgan fingerprint density at radius 3 is 2.17 bits per heavy atom. The fourth-order valence-electron chi connectivity index (χ4n) is 0.799. The van der Waals surface area contributed by atoms with Crippen molar-refractivity contribution in [1.82, 2.24) is 0 Å². The fraction of sp³-hybridized carbons (Fsp3) is 0.857. The van der Waals surface area contributed by atoms with Crippen molar-refractivity contribution in [2.75, 3.05) is 5.75 Å². The van der Waals surface area contributed by atoms with Crippen LogP contribution in [-0.4, -0.2) is 17.0 Å². The van der Waals surface area contributed by atoms with Crippen LogP contribution < -0.4 is 0 Å². The second-order valence-corrected chi connectivity index (χ2v) is 4.62. The van der Waals surface area contributed by atoms with E-state index in [-0.39, 0.29) is 56.3 Å². The summed E-state index contributed by atoms with van der Waals surface area (Å²) in [5.74, 6) is 0.618. The molecule has 1 atom stereocenters. The van der Waals surface area contributed by atoms with Crippen LogP contribution in [0.3, 0.4) is 0 Å². The van der Waals surface area contributed by atoms with Gasteiger partial charge in [-0.15, -0.1) is 0 Å². The molecule has 5 heteroatoms. The Morgan fingerprint density at radius 2 is 2.00 bits per heavy atom. The largest absolute Gasteiger partial charge is 0.641 e. The van der Waals surface area contributed by atoms with Gasteiger partial charge in [-0.05, 0) is 5.41 Å². The third-order valence-electron chi connectivity index (χ3n) is 1.37. The van der Waals surface area contributed by atoms with Gasteiger partial charge in [0.15, 0.2) is 0 Å². The maximum absolute atomic E-state index is 10.7. The minimum absolute atomic E-state index is 0. The topological polar surface area (TPSA) is 31.2 Å². The van der Waals surface area contributed by atoms with E-state index in [2.05, 4.69) is 26.1 Å².